The predicted molar refractivity (Wildman–Crippen MR) is 172 cm³/mol. The molecule has 0 spiro atoms. The number of nitrogens with zero attached hydrogens (tertiary/aromatic N) is 3. The van der Waals surface area contributed by atoms with Gasteiger partial charge in [0.2, 0.25) is 5.91 Å². The van der Waals surface area contributed by atoms with Gasteiger partial charge in [0, 0.05) is 51.4 Å². The lowest BCUT2D eigenvalue weighted by atomic mass is 9.88. The Morgan fingerprint density at radius 1 is 1.09 bits per heavy atom. The number of hydrogen-bond donors (Lipinski definition) is 3. The fourth-order valence-corrected chi connectivity index (χ4v) is 6.91. The smallest absolute Gasteiger partial charge is 0.224 e. The van der Waals surface area contributed by atoms with Gasteiger partial charge >= 0.3 is 0 Å². The lowest BCUT2D eigenvalue weighted by Gasteiger charge is -2.41. The van der Waals surface area contributed by atoms with Crippen molar-refractivity contribution in [1.29, 1.82) is 0 Å². The van der Waals surface area contributed by atoms with Gasteiger partial charge in [-0.25, -0.2) is 4.98 Å². The van der Waals surface area contributed by atoms with Gasteiger partial charge in [-0.1, -0.05) is 57.9 Å². The van der Waals surface area contributed by atoms with Gasteiger partial charge in [-0.3, -0.25) is 9.69 Å². The van der Waals surface area contributed by atoms with Crippen molar-refractivity contribution in [2.24, 2.45) is 5.92 Å². The number of piperidine rings is 1. The molecule has 2 fully saturated rings. The third kappa shape index (κ3) is 10.3. The fraction of sp³-hybridized carbons (Fsp3) is 0.714. The predicted octanol–water partition coefficient (Wildman–Crippen LogP) is 4.67. The lowest BCUT2D eigenvalue weighted by molar-refractivity contribution is -0.127. The molecular weight excluding hydrogens is 554 g/mol. The molecule has 9 nitrogen and oxygen atoms in total. The minimum absolute atomic E-state index is 0.0274. The maximum absolute atomic E-state index is 13.3. The average Bonchev–Trinajstić information content (AvgIpc) is 3.54. The van der Waals surface area contributed by atoms with Gasteiger partial charge in [0.1, 0.15) is 12.4 Å². The molecule has 244 valence electrons. The summed E-state index contributed by atoms with van der Waals surface area (Å²) in [4.78, 5) is 22.1. The van der Waals surface area contributed by atoms with Gasteiger partial charge in [-0.05, 0) is 61.9 Å². The number of β-amino-alcohol motifs (C(OH)–C–C–N with tert-alkyl or cyclic N) is 1. The molecule has 1 saturated carbocycles. The first-order valence-corrected chi connectivity index (χ1v) is 17.3. The van der Waals surface area contributed by atoms with Crippen LogP contribution in [-0.2, 0) is 24.4 Å². The Kier molecular flexibility index (Phi) is 12.9. The monoisotopic (exact) mass is 609 g/mol. The van der Waals surface area contributed by atoms with Gasteiger partial charge in [0.05, 0.1) is 18.2 Å². The number of benzene rings is 1. The second-order valence-electron chi connectivity index (χ2n) is 13.4. The van der Waals surface area contributed by atoms with Crippen LogP contribution in [0.1, 0.15) is 94.4 Å². The first kappa shape index (κ1) is 32.9. The van der Waals surface area contributed by atoms with Crippen LogP contribution < -0.4 is 15.4 Å². The second-order valence-corrected chi connectivity index (χ2v) is 13.4. The van der Waals surface area contributed by atoms with Crippen molar-refractivity contribution in [2.75, 3.05) is 39.3 Å². The first-order chi connectivity index (χ1) is 21.6. The van der Waals surface area contributed by atoms with Crippen LogP contribution in [0.2, 0.25) is 0 Å². The number of aromatic nitrogens is 1. The highest BCUT2D eigenvalue weighted by atomic mass is 16.5. The highest BCUT2D eigenvalue weighted by molar-refractivity contribution is 5.79. The molecule has 1 aliphatic carbocycles. The maximum Gasteiger partial charge on any atom is 0.224 e. The standard InChI is InChI=1S/C35H55N5O4/c1-2-3-4-5-6-7-8-15-39-22-29(17-31(23-39)38-30-10-9-11-30)35(42)37-19-32(41)24-40-16-14-27-18-33(13-12-28(27)21-40)43-25-34-20-36-26-44-34/h12-13,18,20,26,29-32,38,41H,2-11,14-17,19,21-25H2,1H3,(H,37,42)/t29?,31?,32-/m0/s1. The van der Waals surface area contributed by atoms with E-state index in [1.807, 2.05) is 6.07 Å². The van der Waals surface area contributed by atoms with E-state index in [0.717, 1.165) is 51.3 Å². The minimum atomic E-state index is -0.596. The minimum Gasteiger partial charge on any atom is -0.486 e. The molecule has 1 amide bonds. The van der Waals surface area contributed by atoms with E-state index in [1.165, 1.54) is 81.7 Å². The number of hydrogen-bond acceptors (Lipinski definition) is 8. The van der Waals surface area contributed by atoms with Crippen LogP contribution in [0.3, 0.4) is 0 Å². The summed E-state index contributed by atoms with van der Waals surface area (Å²) in [7, 11) is 0. The van der Waals surface area contributed by atoms with Crippen LogP contribution >= 0.6 is 0 Å². The van der Waals surface area contributed by atoms with Crippen LogP contribution in [0.4, 0.5) is 0 Å². The van der Waals surface area contributed by atoms with E-state index in [9.17, 15) is 9.90 Å². The zero-order valence-electron chi connectivity index (χ0n) is 26.9. The molecule has 2 aromatic rings. The number of carbonyl (C=O) groups is 1. The van der Waals surface area contributed by atoms with Gasteiger partial charge in [0.15, 0.2) is 12.2 Å². The molecular formula is C35H55N5O4. The number of oxazole rings is 1. The van der Waals surface area contributed by atoms with Crippen molar-refractivity contribution in [1.82, 2.24) is 25.4 Å². The Balaban J connectivity index is 1.03. The van der Waals surface area contributed by atoms with Gasteiger partial charge in [-0.2, -0.15) is 0 Å². The molecule has 2 aliphatic heterocycles. The maximum atomic E-state index is 13.3. The number of amides is 1. The highest BCUT2D eigenvalue weighted by Gasteiger charge is 2.33. The molecule has 3 N–H and O–H groups in total. The number of aliphatic hydroxyl groups is 1. The third-order valence-electron chi connectivity index (χ3n) is 9.67. The second kappa shape index (κ2) is 17.3. The van der Waals surface area contributed by atoms with Crippen LogP contribution in [0.25, 0.3) is 0 Å². The van der Waals surface area contributed by atoms with E-state index in [2.05, 4.69) is 44.5 Å². The molecule has 44 heavy (non-hydrogen) atoms. The summed E-state index contributed by atoms with van der Waals surface area (Å²) in [6.45, 7) is 8.07. The summed E-state index contributed by atoms with van der Waals surface area (Å²) in [6.07, 6.45) is 17.3. The van der Waals surface area contributed by atoms with Crippen molar-refractivity contribution in [3.8, 4) is 5.75 Å². The van der Waals surface area contributed by atoms with Crippen molar-refractivity contribution in [3.63, 3.8) is 0 Å². The van der Waals surface area contributed by atoms with E-state index < -0.39 is 6.10 Å². The van der Waals surface area contributed by atoms with E-state index in [4.69, 9.17) is 9.15 Å². The number of fused-ring (bicyclic) bond motifs is 1. The number of likely N-dealkylation sites (tertiary alicyclic amines) is 1. The molecule has 1 aromatic heterocycles. The summed E-state index contributed by atoms with van der Waals surface area (Å²) in [5.74, 6) is 1.59. The van der Waals surface area contributed by atoms with Crippen LogP contribution in [-0.4, -0.2) is 83.3 Å². The number of aliphatic hydroxyl groups excluding tert-OH is 1. The average molecular weight is 610 g/mol. The van der Waals surface area contributed by atoms with E-state index in [-0.39, 0.29) is 11.8 Å². The summed E-state index contributed by atoms with van der Waals surface area (Å²) in [6, 6.07) is 7.20. The Labute approximate surface area is 264 Å². The molecule has 2 unspecified atom stereocenters. The van der Waals surface area contributed by atoms with Crippen LogP contribution in [0.15, 0.2) is 35.2 Å². The highest BCUT2D eigenvalue weighted by Crippen LogP contribution is 2.26. The lowest BCUT2D eigenvalue weighted by Crippen LogP contribution is -2.56. The van der Waals surface area contributed by atoms with Crippen molar-refractivity contribution < 1.29 is 19.1 Å². The Hall–Kier alpha value is -2.46. The number of ether oxygens (including phenoxy) is 1. The quantitative estimate of drug-likeness (QED) is 0.210. The number of rotatable bonds is 18. The third-order valence-corrected chi connectivity index (χ3v) is 9.67. The number of nitrogens with one attached hydrogen (secondary N) is 2. The van der Waals surface area contributed by atoms with Gasteiger partial charge in [0.25, 0.3) is 0 Å². The largest absolute Gasteiger partial charge is 0.486 e. The first-order valence-electron chi connectivity index (χ1n) is 17.3. The van der Waals surface area contributed by atoms with E-state index in [1.54, 1.807) is 6.20 Å². The normalized spacial score (nSPS) is 21.9. The summed E-state index contributed by atoms with van der Waals surface area (Å²) in [5.41, 5.74) is 2.54. The molecule has 1 saturated heterocycles. The van der Waals surface area contributed by atoms with Crippen molar-refractivity contribution in [3.05, 3.63) is 47.7 Å². The zero-order valence-corrected chi connectivity index (χ0v) is 26.9. The molecule has 5 rings (SSSR count). The van der Waals surface area contributed by atoms with Gasteiger partial charge in [-0.15, -0.1) is 0 Å². The molecule has 0 bridgehead atoms. The number of unbranched alkanes of at least 4 members (excludes halogenated alkanes) is 6. The summed E-state index contributed by atoms with van der Waals surface area (Å²) in [5, 5.41) is 17.8. The van der Waals surface area contributed by atoms with Crippen molar-refractivity contribution in [2.45, 2.75) is 115 Å². The Morgan fingerprint density at radius 2 is 1.93 bits per heavy atom. The SMILES string of the molecule is CCCCCCCCCN1CC(NC2CCC2)CC(C(=O)NC[C@H](O)CN2CCc3cc(OCc4cnco4)ccc3C2)C1. The molecule has 3 aliphatic rings. The van der Waals surface area contributed by atoms with Crippen molar-refractivity contribution >= 4 is 5.91 Å². The molecule has 0 radical (unpaired) electrons. The fourth-order valence-electron chi connectivity index (χ4n) is 6.91. The molecule has 1 aromatic carbocycles. The number of carbonyl (C=O) groups excluding carboxylic acids is 1. The molecule has 3 atom stereocenters. The van der Waals surface area contributed by atoms with E-state index >= 15 is 0 Å². The topological polar surface area (TPSA) is 103 Å². The molecule has 9 heteroatoms. The van der Waals surface area contributed by atoms with Crippen LogP contribution in [0, 0.1) is 5.92 Å². The van der Waals surface area contributed by atoms with Crippen LogP contribution in [0.5, 0.6) is 5.75 Å². The zero-order chi connectivity index (χ0) is 30.6. The Morgan fingerprint density at radius 3 is 2.70 bits per heavy atom. The van der Waals surface area contributed by atoms with Gasteiger partial charge < -0.3 is 29.8 Å². The Bertz CT molecular complexity index is 1120. The summed E-state index contributed by atoms with van der Waals surface area (Å²) >= 11 is 0. The summed E-state index contributed by atoms with van der Waals surface area (Å²) < 4.78 is 11.1. The molecule has 3 heterocycles. The van der Waals surface area contributed by atoms with E-state index in [0.29, 0.717) is 37.5 Å².